The zero-order chi connectivity index (χ0) is 21.8. The molecule has 1 fully saturated rings. The van der Waals surface area contributed by atoms with Gasteiger partial charge in [-0.2, -0.15) is 0 Å². The molecule has 0 spiro atoms. The van der Waals surface area contributed by atoms with Crippen LogP contribution in [-0.4, -0.2) is 42.1 Å². The van der Waals surface area contributed by atoms with Crippen molar-refractivity contribution in [2.24, 2.45) is 0 Å². The number of hydrogen-bond acceptors (Lipinski definition) is 6. The number of carbonyl (C=O) groups excluding carboxylic acids is 1. The number of benzene rings is 2. The van der Waals surface area contributed by atoms with Gasteiger partial charge in [0.15, 0.2) is 0 Å². The molecule has 4 rings (SSSR count). The molecule has 0 saturated carbocycles. The van der Waals surface area contributed by atoms with E-state index in [2.05, 4.69) is 21.8 Å². The van der Waals surface area contributed by atoms with E-state index in [1.807, 2.05) is 60.9 Å². The van der Waals surface area contributed by atoms with Crippen molar-refractivity contribution in [3.05, 3.63) is 66.5 Å². The van der Waals surface area contributed by atoms with E-state index in [9.17, 15) is 4.79 Å². The lowest BCUT2D eigenvalue weighted by atomic mass is 9.96. The number of hydrogen-bond donors (Lipinski definition) is 0. The second-order valence-corrected chi connectivity index (χ2v) is 8.02. The van der Waals surface area contributed by atoms with Crippen molar-refractivity contribution in [1.29, 1.82) is 0 Å². The number of methoxy groups -OCH3 is 1. The summed E-state index contributed by atoms with van der Waals surface area (Å²) in [6.45, 7) is 5.21. The molecule has 1 aromatic heterocycles. The molecule has 31 heavy (non-hydrogen) atoms. The Morgan fingerprint density at radius 3 is 2.19 bits per heavy atom. The smallest absolute Gasteiger partial charge is 0.225 e. The first-order valence-corrected chi connectivity index (χ1v) is 10.5. The van der Waals surface area contributed by atoms with Crippen molar-refractivity contribution in [2.45, 2.75) is 32.3 Å². The minimum Gasteiger partial charge on any atom is -0.497 e. The van der Waals surface area contributed by atoms with Crippen LogP contribution in [0.25, 0.3) is 11.1 Å². The van der Waals surface area contributed by atoms with Gasteiger partial charge in [-0.1, -0.05) is 31.2 Å². The van der Waals surface area contributed by atoms with E-state index in [0.717, 1.165) is 41.3 Å². The first-order chi connectivity index (χ1) is 15.0. The van der Waals surface area contributed by atoms with E-state index in [-0.39, 0.29) is 17.8 Å². The van der Waals surface area contributed by atoms with Gasteiger partial charge in [0.05, 0.1) is 20.2 Å². The third-order valence-electron chi connectivity index (χ3n) is 5.54. The molecule has 0 radical (unpaired) electrons. The standard InChI is InChI=1S/C25H27N3O3/c1-17(12-18(2)29)19-4-10-23(11-5-19)31-24-15-28(16-24)25-26-13-21(14-27-25)20-6-8-22(30-3)9-7-20/h4-11,13-14,17,24H,12,15-16H2,1-3H3. The lowest BCUT2D eigenvalue weighted by molar-refractivity contribution is -0.117. The first kappa shape index (κ1) is 20.8. The maximum absolute atomic E-state index is 11.3. The van der Waals surface area contributed by atoms with Crippen molar-refractivity contribution in [1.82, 2.24) is 9.97 Å². The molecule has 6 heteroatoms. The summed E-state index contributed by atoms with van der Waals surface area (Å²) in [5.74, 6) is 2.82. The van der Waals surface area contributed by atoms with E-state index in [1.165, 1.54) is 0 Å². The van der Waals surface area contributed by atoms with Gasteiger partial charge in [0, 0.05) is 24.4 Å². The van der Waals surface area contributed by atoms with Gasteiger partial charge >= 0.3 is 0 Å². The molecule has 1 aliphatic heterocycles. The summed E-state index contributed by atoms with van der Waals surface area (Å²) in [6.07, 6.45) is 4.37. The molecule has 2 aromatic carbocycles. The molecule has 160 valence electrons. The maximum Gasteiger partial charge on any atom is 0.225 e. The van der Waals surface area contributed by atoms with Crippen LogP contribution in [0.1, 0.15) is 31.7 Å². The van der Waals surface area contributed by atoms with Gasteiger partial charge < -0.3 is 19.2 Å². The molecule has 0 bridgehead atoms. The minimum absolute atomic E-state index is 0.116. The molecule has 3 aromatic rings. The first-order valence-electron chi connectivity index (χ1n) is 10.5. The third kappa shape index (κ3) is 5.02. The highest BCUT2D eigenvalue weighted by Gasteiger charge is 2.30. The van der Waals surface area contributed by atoms with Crippen LogP contribution in [0.2, 0.25) is 0 Å². The molecule has 0 aliphatic carbocycles. The number of anilines is 1. The predicted molar refractivity (Wildman–Crippen MR) is 121 cm³/mol. The SMILES string of the molecule is COc1ccc(-c2cnc(N3CC(Oc4ccc(C(C)CC(C)=O)cc4)C3)nc2)cc1. The number of rotatable bonds is 8. The topological polar surface area (TPSA) is 64.6 Å². The largest absolute Gasteiger partial charge is 0.497 e. The van der Waals surface area contributed by atoms with Crippen molar-refractivity contribution in [3.8, 4) is 22.6 Å². The Morgan fingerprint density at radius 1 is 1.00 bits per heavy atom. The second-order valence-electron chi connectivity index (χ2n) is 8.02. The normalized spacial score (nSPS) is 14.6. The third-order valence-corrected chi connectivity index (χ3v) is 5.54. The Hall–Kier alpha value is -3.41. The minimum atomic E-state index is 0.116. The maximum atomic E-state index is 11.3. The Bertz CT molecular complexity index is 1010. The molecule has 6 nitrogen and oxygen atoms in total. The van der Waals surface area contributed by atoms with Crippen molar-refractivity contribution >= 4 is 11.7 Å². The fourth-order valence-electron chi connectivity index (χ4n) is 3.71. The van der Waals surface area contributed by atoms with Crippen molar-refractivity contribution in [3.63, 3.8) is 0 Å². The van der Waals surface area contributed by atoms with Gasteiger partial charge in [-0.15, -0.1) is 0 Å². The van der Waals surface area contributed by atoms with E-state index >= 15 is 0 Å². The van der Waals surface area contributed by atoms with Crippen LogP contribution in [0, 0.1) is 0 Å². The zero-order valence-corrected chi connectivity index (χ0v) is 18.1. The van der Waals surface area contributed by atoms with Crippen LogP contribution in [-0.2, 0) is 4.79 Å². The Labute approximate surface area is 182 Å². The molecule has 0 N–H and O–H groups in total. The summed E-state index contributed by atoms with van der Waals surface area (Å²) < 4.78 is 11.3. The van der Waals surface area contributed by atoms with Crippen LogP contribution in [0.4, 0.5) is 5.95 Å². The average molecular weight is 418 g/mol. The van der Waals surface area contributed by atoms with Crippen LogP contribution in [0.3, 0.4) is 0 Å². The molecule has 1 unspecified atom stereocenters. The second kappa shape index (κ2) is 9.16. The fraction of sp³-hybridized carbons (Fsp3) is 0.320. The molecule has 1 aliphatic rings. The monoisotopic (exact) mass is 417 g/mol. The van der Waals surface area contributed by atoms with Crippen LogP contribution < -0.4 is 14.4 Å². The van der Waals surface area contributed by atoms with Gasteiger partial charge in [-0.25, -0.2) is 9.97 Å². The van der Waals surface area contributed by atoms with Gasteiger partial charge in [0.25, 0.3) is 0 Å². The molecular weight excluding hydrogens is 390 g/mol. The Kier molecular flexibility index (Phi) is 6.16. The fourth-order valence-corrected chi connectivity index (χ4v) is 3.71. The number of aromatic nitrogens is 2. The number of carbonyl (C=O) groups is 1. The summed E-state index contributed by atoms with van der Waals surface area (Å²) in [4.78, 5) is 22.4. The summed E-state index contributed by atoms with van der Waals surface area (Å²) in [5.41, 5.74) is 3.18. The van der Waals surface area contributed by atoms with E-state index < -0.39 is 0 Å². The Morgan fingerprint density at radius 2 is 1.61 bits per heavy atom. The highest BCUT2D eigenvalue weighted by molar-refractivity contribution is 5.76. The molecular formula is C25H27N3O3. The molecule has 2 heterocycles. The number of nitrogens with zero attached hydrogens (tertiary/aromatic N) is 3. The zero-order valence-electron chi connectivity index (χ0n) is 18.1. The number of ether oxygens (including phenoxy) is 2. The summed E-state index contributed by atoms with van der Waals surface area (Å²) in [5, 5.41) is 0. The number of Topliss-reactive ketones (excluding diaryl/α,β-unsaturated/α-hetero) is 1. The van der Waals surface area contributed by atoms with Gasteiger partial charge in [0.2, 0.25) is 5.95 Å². The Balaban J connectivity index is 1.29. The quantitative estimate of drug-likeness (QED) is 0.538. The van der Waals surface area contributed by atoms with Crippen molar-refractivity contribution < 1.29 is 14.3 Å². The highest BCUT2D eigenvalue weighted by Crippen LogP contribution is 2.26. The highest BCUT2D eigenvalue weighted by atomic mass is 16.5. The van der Waals surface area contributed by atoms with E-state index in [1.54, 1.807) is 14.0 Å². The van der Waals surface area contributed by atoms with Crippen LogP contribution >= 0.6 is 0 Å². The predicted octanol–water partition coefficient (Wildman–Crippen LogP) is 4.50. The summed E-state index contributed by atoms with van der Waals surface area (Å²) >= 11 is 0. The van der Waals surface area contributed by atoms with Crippen LogP contribution in [0.5, 0.6) is 11.5 Å². The summed E-state index contributed by atoms with van der Waals surface area (Å²) in [7, 11) is 1.66. The number of ketones is 1. The van der Waals surface area contributed by atoms with E-state index in [4.69, 9.17) is 9.47 Å². The molecule has 1 atom stereocenters. The summed E-state index contributed by atoms with van der Waals surface area (Å²) in [6, 6.07) is 15.9. The molecule has 1 saturated heterocycles. The van der Waals surface area contributed by atoms with E-state index in [0.29, 0.717) is 12.4 Å². The van der Waals surface area contributed by atoms with Crippen LogP contribution in [0.15, 0.2) is 60.9 Å². The van der Waals surface area contributed by atoms with Gasteiger partial charge in [-0.05, 0) is 48.2 Å². The van der Waals surface area contributed by atoms with Gasteiger partial charge in [0.1, 0.15) is 23.4 Å². The lowest BCUT2D eigenvalue weighted by Crippen LogP contribution is -2.54. The van der Waals surface area contributed by atoms with Gasteiger partial charge in [-0.3, -0.25) is 0 Å². The average Bonchev–Trinajstić information content (AvgIpc) is 2.76. The lowest BCUT2D eigenvalue weighted by Gasteiger charge is -2.38. The van der Waals surface area contributed by atoms with Crippen molar-refractivity contribution in [2.75, 3.05) is 25.1 Å². The molecule has 0 amide bonds.